The molecule has 124 valence electrons. The third-order valence-corrected chi connectivity index (χ3v) is 4.69. The first-order valence-corrected chi connectivity index (χ1v) is 7.88. The molecule has 0 heterocycles. The lowest BCUT2D eigenvalue weighted by Gasteiger charge is -2.20. The molecule has 2 atom stereocenters. The van der Waals surface area contributed by atoms with Gasteiger partial charge in [-0.1, -0.05) is 48.5 Å². The Bertz CT molecular complexity index is 741. The summed E-state index contributed by atoms with van der Waals surface area (Å²) in [5, 5.41) is 18.5. The summed E-state index contributed by atoms with van der Waals surface area (Å²) in [6, 6.07) is 14.7. The second kappa shape index (κ2) is 6.45. The maximum atomic E-state index is 11.6. The van der Waals surface area contributed by atoms with Crippen molar-refractivity contribution in [1.82, 2.24) is 0 Å². The highest BCUT2D eigenvalue weighted by Crippen LogP contribution is 2.47. The molecule has 4 N–H and O–H groups in total. The first-order valence-electron chi connectivity index (χ1n) is 7.88. The molecule has 2 aromatic carbocycles. The normalized spacial score (nSPS) is 15.4. The van der Waals surface area contributed by atoms with Crippen LogP contribution in [0.1, 0.15) is 29.9 Å². The molecule has 24 heavy (non-hydrogen) atoms. The van der Waals surface area contributed by atoms with Crippen molar-refractivity contribution in [2.45, 2.75) is 24.8 Å². The standard InChI is InChI=1S/C19H19NO4/c20-17(19(23)24)10-11(18(21)22)9-16-14-7-3-1-5-12(14)13-6-2-4-8-15(13)16/h1-8,11,16-17H,9-10,20H2,(H,21,22)(H,23,24)/t11?,17-/m0/s1. The molecular weight excluding hydrogens is 306 g/mol. The Morgan fingerprint density at radius 3 is 1.88 bits per heavy atom. The molecule has 3 rings (SSSR count). The average molecular weight is 325 g/mol. The topological polar surface area (TPSA) is 101 Å². The molecule has 2 aromatic rings. The zero-order valence-electron chi connectivity index (χ0n) is 13.1. The molecule has 0 spiro atoms. The fourth-order valence-electron chi connectivity index (χ4n) is 3.50. The highest BCUT2D eigenvalue weighted by Gasteiger charge is 2.33. The first kappa shape index (κ1) is 16.2. The SMILES string of the molecule is N[C@@H](CC(CC1c2ccccc2-c2ccccc21)C(=O)O)C(=O)O. The van der Waals surface area contributed by atoms with Crippen LogP contribution in [0, 0.1) is 5.92 Å². The smallest absolute Gasteiger partial charge is 0.320 e. The van der Waals surface area contributed by atoms with Crippen LogP contribution in [-0.4, -0.2) is 28.2 Å². The molecule has 0 fully saturated rings. The molecule has 1 aliphatic rings. The van der Waals surface area contributed by atoms with E-state index in [2.05, 4.69) is 0 Å². The van der Waals surface area contributed by atoms with Gasteiger partial charge in [0.2, 0.25) is 0 Å². The van der Waals surface area contributed by atoms with E-state index in [9.17, 15) is 14.7 Å². The van der Waals surface area contributed by atoms with Gasteiger partial charge in [0.05, 0.1) is 5.92 Å². The first-order chi connectivity index (χ1) is 11.5. The molecule has 0 bridgehead atoms. The van der Waals surface area contributed by atoms with Crippen LogP contribution in [0.5, 0.6) is 0 Å². The van der Waals surface area contributed by atoms with Crippen molar-refractivity contribution in [3.63, 3.8) is 0 Å². The molecule has 0 radical (unpaired) electrons. The van der Waals surface area contributed by atoms with Crippen LogP contribution < -0.4 is 5.73 Å². The van der Waals surface area contributed by atoms with Gasteiger partial charge in [0, 0.05) is 5.92 Å². The quantitative estimate of drug-likeness (QED) is 0.758. The van der Waals surface area contributed by atoms with Gasteiger partial charge in [-0.2, -0.15) is 0 Å². The van der Waals surface area contributed by atoms with Gasteiger partial charge >= 0.3 is 11.9 Å². The predicted octanol–water partition coefficient (Wildman–Crippen LogP) is 2.69. The van der Waals surface area contributed by atoms with E-state index >= 15 is 0 Å². The molecule has 1 unspecified atom stereocenters. The Morgan fingerprint density at radius 2 is 1.42 bits per heavy atom. The molecule has 0 saturated heterocycles. The number of benzene rings is 2. The third-order valence-electron chi connectivity index (χ3n) is 4.69. The lowest BCUT2D eigenvalue weighted by molar-refractivity contribution is -0.143. The van der Waals surface area contributed by atoms with E-state index in [0.29, 0.717) is 6.42 Å². The van der Waals surface area contributed by atoms with Crippen LogP contribution in [0.3, 0.4) is 0 Å². The molecule has 1 aliphatic carbocycles. The summed E-state index contributed by atoms with van der Waals surface area (Å²) in [7, 11) is 0. The van der Waals surface area contributed by atoms with Crippen LogP contribution in [-0.2, 0) is 9.59 Å². The third kappa shape index (κ3) is 2.90. The minimum Gasteiger partial charge on any atom is -0.481 e. The lowest BCUT2D eigenvalue weighted by Crippen LogP contribution is -2.35. The molecule has 5 nitrogen and oxygen atoms in total. The van der Waals surface area contributed by atoms with E-state index in [4.69, 9.17) is 10.8 Å². The minimum atomic E-state index is -1.17. The molecule has 0 saturated carbocycles. The Balaban J connectivity index is 1.93. The number of fused-ring (bicyclic) bond motifs is 3. The number of carbonyl (C=O) groups is 2. The molecule has 0 aliphatic heterocycles. The van der Waals surface area contributed by atoms with Crippen molar-refractivity contribution in [1.29, 1.82) is 0 Å². The van der Waals surface area contributed by atoms with E-state index < -0.39 is 23.9 Å². The molecule has 0 aromatic heterocycles. The van der Waals surface area contributed by atoms with E-state index in [1.807, 2.05) is 48.5 Å². The van der Waals surface area contributed by atoms with Crippen molar-refractivity contribution < 1.29 is 19.8 Å². The number of nitrogens with two attached hydrogens (primary N) is 1. The maximum Gasteiger partial charge on any atom is 0.320 e. The van der Waals surface area contributed by atoms with E-state index in [1.54, 1.807) is 0 Å². The Hall–Kier alpha value is -2.66. The Kier molecular flexibility index (Phi) is 4.36. The second-order valence-corrected chi connectivity index (χ2v) is 6.18. The van der Waals surface area contributed by atoms with Crippen LogP contribution in [0.25, 0.3) is 11.1 Å². The summed E-state index contributed by atoms with van der Waals surface area (Å²) in [5.74, 6) is -3.04. The van der Waals surface area contributed by atoms with Gasteiger partial charge in [0.15, 0.2) is 0 Å². The van der Waals surface area contributed by atoms with Gasteiger partial charge in [-0.3, -0.25) is 9.59 Å². The van der Waals surface area contributed by atoms with E-state index in [-0.39, 0.29) is 12.3 Å². The van der Waals surface area contributed by atoms with Gasteiger partial charge in [0.25, 0.3) is 0 Å². The van der Waals surface area contributed by atoms with Crippen LogP contribution >= 0.6 is 0 Å². The number of rotatable bonds is 6. The molecule has 0 amide bonds. The summed E-state index contributed by atoms with van der Waals surface area (Å²) in [5.41, 5.74) is 9.97. The zero-order valence-corrected chi connectivity index (χ0v) is 13.1. The van der Waals surface area contributed by atoms with E-state index in [0.717, 1.165) is 22.3 Å². The van der Waals surface area contributed by atoms with Crippen molar-refractivity contribution in [3.05, 3.63) is 59.7 Å². The molecule has 5 heteroatoms. The summed E-state index contributed by atoms with van der Waals surface area (Å²) in [6.07, 6.45) is 0.260. The fraction of sp³-hybridized carbons (Fsp3) is 0.263. The van der Waals surface area contributed by atoms with Crippen molar-refractivity contribution in [2.75, 3.05) is 0 Å². The molecular formula is C19H19NO4. The van der Waals surface area contributed by atoms with Crippen LogP contribution in [0.2, 0.25) is 0 Å². The fourth-order valence-corrected chi connectivity index (χ4v) is 3.50. The van der Waals surface area contributed by atoms with Gasteiger partial charge in [-0.05, 0) is 35.1 Å². The maximum absolute atomic E-state index is 11.6. The minimum absolute atomic E-state index is 0.0560. The number of hydrogen-bond donors (Lipinski definition) is 3. The average Bonchev–Trinajstić information content (AvgIpc) is 2.88. The van der Waals surface area contributed by atoms with Crippen LogP contribution in [0.15, 0.2) is 48.5 Å². The predicted molar refractivity (Wildman–Crippen MR) is 89.7 cm³/mol. The highest BCUT2D eigenvalue weighted by molar-refractivity contribution is 5.80. The number of carboxylic acids is 2. The summed E-state index contributed by atoms with van der Waals surface area (Å²) >= 11 is 0. The number of hydrogen-bond acceptors (Lipinski definition) is 3. The number of carboxylic acid groups (broad SMARTS) is 2. The largest absolute Gasteiger partial charge is 0.481 e. The van der Waals surface area contributed by atoms with Crippen molar-refractivity contribution >= 4 is 11.9 Å². The number of aliphatic carboxylic acids is 2. The van der Waals surface area contributed by atoms with Crippen molar-refractivity contribution in [3.8, 4) is 11.1 Å². The second-order valence-electron chi connectivity index (χ2n) is 6.18. The lowest BCUT2D eigenvalue weighted by atomic mass is 9.84. The Labute approximate surface area is 139 Å². The van der Waals surface area contributed by atoms with Crippen molar-refractivity contribution in [2.24, 2.45) is 11.7 Å². The van der Waals surface area contributed by atoms with Gasteiger partial charge in [-0.25, -0.2) is 0 Å². The summed E-state index contributed by atoms with van der Waals surface area (Å²) in [6.45, 7) is 0. The zero-order chi connectivity index (χ0) is 17.3. The summed E-state index contributed by atoms with van der Waals surface area (Å²) < 4.78 is 0. The van der Waals surface area contributed by atoms with Gasteiger partial charge in [0.1, 0.15) is 6.04 Å². The van der Waals surface area contributed by atoms with Crippen LogP contribution in [0.4, 0.5) is 0 Å². The van der Waals surface area contributed by atoms with Gasteiger partial charge in [-0.15, -0.1) is 0 Å². The Morgan fingerprint density at radius 1 is 0.917 bits per heavy atom. The highest BCUT2D eigenvalue weighted by atomic mass is 16.4. The summed E-state index contributed by atoms with van der Waals surface area (Å²) in [4.78, 5) is 22.6. The van der Waals surface area contributed by atoms with E-state index in [1.165, 1.54) is 0 Å². The monoisotopic (exact) mass is 325 g/mol. The van der Waals surface area contributed by atoms with Gasteiger partial charge < -0.3 is 15.9 Å².